The Balaban J connectivity index is 1.61. The first-order chi connectivity index (χ1) is 15.2. The molecule has 1 unspecified atom stereocenters. The number of hydrogen-bond donors (Lipinski definition) is 3. The SMILES string of the molecule is CCOCCn1nc(CC)c2nc(C3N[C@H]4CN[C@@H]3C4)nc(Nc3cc(C)ccn3)c21. The van der Waals surface area contributed by atoms with Gasteiger partial charge in [-0.05, 0) is 44.4 Å². The molecule has 2 aliphatic rings. The van der Waals surface area contributed by atoms with Gasteiger partial charge in [0.1, 0.15) is 22.7 Å². The summed E-state index contributed by atoms with van der Waals surface area (Å²) in [5, 5.41) is 15.6. The minimum Gasteiger partial charge on any atom is -0.380 e. The third-order valence-corrected chi connectivity index (χ3v) is 6.08. The lowest BCUT2D eigenvalue weighted by Gasteiger charge is -2.23. The second kappa shape index (κ2) is 8.49. The van der Waals surface area contributed by atoms with E-state index in [1.54, 1.807) is 0 Å². The zero-order valence-corrected chi connectivity index (χ0v) is 18.4. The molecular formula is C22H30N8O. The zero-order valence-electron chi connectivity index (χ0n) is 18.4. The van der Waals surface area contributed by atoms with Crippen LogP contribution in [-0.2, 0) is 17.7 Å². The van der Waals surface area contributed by atoms with Crippen LogP contribution in [-0.4, -0.2) is 56.6 Å². The number of hydrogen-bond acceptors (Lipinski definition) is 8. The molecule has 5 heterocycles. The Kier molecular flexibility index (Phi) is 5.56. The highest BCUT2D eigenvalue weighted by Crippen LogP contribution is 2.33. The van der Waals surface area contributed by atoms with Crippen LogP contribution in [0.25, 0.3) is 11.0 Å². The summed E-state index contributed by atoms with van der Waals surface area (Å²) in [4.78, 5) is 14.5. The van der Waals surface area contributed by atoms with Gasteiger partial charge < -0.3 is 20.7 Å². The second-order valence-electron chi connectivity index (χ2n) is 8.28. The van der Waals surface area contributed by atoms with Gasteiger partial charge in [0.05, 0.1) is 24.9 Å². The molecule has 9 heteroatoms. The number of rotatable bonds is 8. The highest BCUT2D eigenvalue weighted by Gasteiger charge is 2.41. The van der Waals surface area contributed by atoms with Crippen LogP contribution in [0.2, 0.25) is 0 Å². The van der Waals surface area contributed by atoms with Crippen molar-refractivity contribution in [1.29, 1.82) is 0 Å². The fourth-order valence-electron chi connectivity index (χ4n) is 4.58. The summed E-state index contributed by atoms with van der Waals surface area (Å²) < 4.78 is 7.56. The first-order valence-electron chi connectivity index (χ1n) is 11.2. The third-order valence-electron chi connectivity index (χ3n) is 6.08. The number of pyridine rings is 1. The van der Waals surface area contributed by atoms with Crippen LogP contribution in [0.4, 0.5) is 11.6 Å². The van der Waals surface area contributed by atoms with Crippen LogP contribution >= 0.6 is 0 Å². The van der Waals surface area contributed by atoms with Crippen LogP contribution in [0.5, 0.6) is 0 Å². The van der Waals surface area contributed by atoms with Crippen LogP contribution in [0.3, 0.4) is 0 Å². The average molecular weight is 423 g/mol. The number of aryl methyl sites for hydroxylation is 2. The molecular weight excluding hydrogens is 392 g/mol. The molecule has 9 nitrogen and oxygen atoms in total. The standard InChI is InChI=1S/C22H30N8O/c1-4-15-18-20(30(29-15)8-9-31-5-2)22(26-17-10-13(3)6-7-23-17)28-21(27-18)19-16-11-14(25-19)12-24-16/h6-7,10,14,16,19,24-25H,4-5,8-9,11-12H2,1-3H3,(H,23,26,27,28)/t14-,16-,19?/m1/s1. The number of ether oxygens (including phenoxy) is 1. The first-order valence-corrected chi connectivity index (χ1v) is 11.2. The second-order valence-corrected chi connectivity index (χ2v) is 8.28. The van der Waals surface area contributed by atoms with E-state index in [2.05, 4.69) is 34.8 Å². The van der Waals surface area contributed by atoms with Crippen molar-refractivity contribution in [2.24, 2.45) is 0 Å². The van der Waals surface area contributed by atoms with E-state index in [9.17, 15) is 0 Å². The van der Waals surface area contributed by atoms with Crippen LogP contribution in [0, 0.1) is 6.92 Å². The fourth-order valence-corrected chi connectivity index (χ4v) is 4.58. The summed E-state index contributed by atoms with van der Waals surface area (Å²) in [6.45, 7) is 9.11. The Morgan fingerprint density at radius 1 is 1.29 bits per heavy atom. The smallest absolute Gasteiger partial charge is 0.161 e. The highest BCUT2D eigenvalue weighted by molar-refractivity contribution is 5.89. The molecule has 2 bridgehead atoms. The average Bonchev–Trinajstić information content (AvgIpc) is 3.48. The molecule has 3 aromatic rings. The van der Waals surface area contributed by atoms with Crippen molar-refractivity contribution in [3.63, 3.8) is 0 Å². The zero-order chi connectivity index (χ0) is 21.4. The Labute approximate surface area is 182 Å². The number of piperazine rings is 1. The summed E-state index contributed by atoms with van der Waals surface area (Å²) in [7, 11) is 0. The molecule has 3 atom stereocenters. The maximum atomic E-state index is 5.59. The van der Waals surface area contributed by atoms with Gasteiger partial charge in [0.15, 0.2) is 5.82 Å². The van der Waals surface area contributed by atoms with Gasteiger partial charge in [0, 0.05) is 31.4 Å². The minimum atomic E-state index is 0.102. The molecule has 0 amide bonds. The molecule has 0 radical (unpaired) electrons. The lowest BCUT2D eigenvalue weighted by Crippen LogP contribution is -2.43. The van der Waals surface area contributed by atoms with Crippen molar-refractivity contribution in [2.45, 2.75) is 58.3 Å². The van der Waals surface area contributed by atoms with Gasteiger partial charge in [-0.25, -0.2) is 15.0 Å². The topological polar surface area (TPSA) is 102 Å². The molecule has 5 rings (SSSR count). The summed E-state index contributed by atoms with van der Waals surface area (Å²) in [5.41, 5.74) is 3.93. The molecule has 0 spiro atoms. The first kappa shape index (κ1) is 20.3. The van der Waals surface area contributed by atoms with Crippen LogP contribution in [0.15, 0.2) is 18.3 Å². The largest absolute Gasteiger partial charge is 0.380 e. The van der Waals surface area contributed by atoms with E-state index < -0.39 is 0 Å². The highest BCUT2D eigenvalue weighted by atomic mass is 16.5. The molecule has 3 aromatic heterocycles. The van der Waals surface area contributed by atoms with Gasteiger partial charge in [-0.3, -0.25) is 4.68 Å². The van der Waals surface area contributed by atoms with E-state index in [1.165, 1.54) is 0 Å². The van der Waals surface area contributed by atoms with Crippen molar-refractivity contribution in [1.82, 2.24) is 35.4 Å². The summed E-state index contributed by atoms with van der Waals surface area (Å²) in [6.07, 6.45) is 3.73. The number of nitrogens with zero attached hydrogens (tertiary/aromatic N) is 5. The van der Waals surface area contributed by atoms with E-state index in [1.807, 2.05) is 29.9 Å². The Hall–Kier alpha value is -2.62. The normalized spacial score (nSPS) is 22.5. The molecule has 2 aliphatic heterocycles. The van der Waals surface area contributed by atoms with E-state index in [0.717, 1.165) is 59.1 Å². The number of anilines is 2. The van der Waals surface area contributed by atoms with E-state index in [-0.39, 0.29) is 6.04 Å². The summed E-state index contributed by atoms with van der Waals surface area (Å²) in [6, 6.07) is 4.96. The van der Waals surface area contributed by atoms with E-state index >= 15 is 0 Å². The van der Waals surface area contributed by atoms with Crippen LogP contribution in [0.1, 0.15) is 43.4 Å². The van der Waals surface area contributed by atoms with Crippen molar-refractivity contribution >= 4 is 22.7 Å². The predicted molar refractivity (Wildman–Crippen MR) is 120 cm³/mol. The fraction of sp³-hybridized carbons (Fsp3) is 0.545. The Morgan fingerprint density at radius 3 is 2.90 bits per heavy atom. The van der Waals surface area contributed by atoms with Gasteiger partial charge in [0.2, 0.25) is 0 Å². The number of fused-ring (bicyclic) bond motifs is 3. The summed E-state index contributed by atoms with van der Waals surface area (Å²) in [5.74, 6) is 2.31. The maximum absolute atomic E-state index is 5.59. The quantitative estimate of drug-likeness (QED) is 0.475. The maximum Gasteiger partial charge on any atom is 0.161 e. The molecule has 0 saturated carbocycles. The van der Waals surface area contributed by atoms with Gasteiger partial charge in [-0.15, -0.1) is 0 Å². The minimum absolute atomic E-state index is 0.102. The predicted octanol–water partition coefficient (Wildman–Crippen LogP) is 2.25. The van der Waals surface area contributed by atoms with Crippen LogP contribution < -0.4 is 16.0 Å². The summed E-state index contributed by atoms with van der Waals surface area (Å²) >= 11 is 0. The third kappa shape index (κ3) is 3.88. The van der Waals surface area contributed by atoms with Crippen molar-refractivity contribution in [2.75, 3.05) is 25.1 Å². The van der Waals surface area contributed by atoms with Crippen molar-refractivity contribution in [3.8, 4) is 0 Å². The monoisotopic (exact) mass is 422 g/mol. The Morgan fingerprint density at radius 2 is 2.19 bits per heavy atom. The van der Waals surface area contributed by atoms with E-state index in [0.29, 0.717) is 31.8 Å². The molecule has 2 fully saturated rings. The molecule has 0 aliphatic carbocycles. The molecule has 31 heavy (non-hydrogen) atoms. The van der Waals surface area contributed by atoms with Gasteiger partial charge in [0.25, 0.3) is 0 Å². The number of nitrogens with one attached hydrogen (secondary N) is 3. The molecule has 164 valence electrons. The lowest BCUT2D eigenvalue weighted by molar-refractivity contribution is 0.137. The van der Waals surface area contributed by atoms with Crippen molar-refractivity contribution in [3.05, 3.63) is 35.4 Å². The van der Waals surface area contributed by atoms with Gasteiger partial charge >= 0.3 is 0 Å². The Bertz CT molecular complexity index is 1080. The molecule has 2 saturated heterocycles. The lowest BCUT2D eigenvalue weighted by atomic mass is 10.1. The van der Waals surface area contributed by atoms with Gasteiger partial charge in [-0.2, -0.15) is 5.10 Å². The molecule has 0 aromatic carbocycles. The van der Waals surface area contributed by atoms with Gasteiger partial charge in [-0.1, -0.05) is 6.92 Å². The number of aromatic nitrogens is 5. The van der Waals surface area contributed by atoms with Crippen molar-refractivity contribution < 1.29 is 4.74 Å². The van der Waals surface area contributed by atoms with E-state index in [4.69, 9.17) is 19.8 Å². The molecule has 3 N–H and O–H groups in total.